The van der Waals surface area contributed by atoms with Gasteiger partial charge in [-0.2, -0.15) is 0 Å². The van der Waals surface area contributed by atoms with Gasteiger partial charge < -0.3 is 15.8 Å². The minimum Gasteiger partial charge on any atom is -0.493 e. The minimum absolute atomic E-state index is 0.0197. The average Bonchev–Trinajstić information content (AvgIpc) is 2.62. The van der Waals surface area contributed by atoms with Crippen LogP contribution in [0.15, 0.2) is 41.4 Å². The summed E-state index contributed by atoms with van der Waals surface area (Å²) in [5.41, 5.74) is 6.95. The molecule has 0 aliphatic carbocycles. The fraction of sp³-hybridized carbons (Fsp3) is 0.278. The van der Waals surface area contributed by atoms with Crippen LogP contribution in [0.1, 0.15) is 23.6 Å². The number of nitrogens with one attached hydrogen (secondary N) is 1. The summed E-state index contributed by atoms with van der Waals surface area (Å²) in [6.45, 7) is 0.730. The van der Waals surface area contributed by atoms with Gasteiger partial charge in [0.25, 0.3) is 0 Å². The van der Waals surface area contributed by atoms with Crippen molar-refractivity contribution in [2.45, 2.75) is 18.9 Å². The Balaban J connectivity index is 1.61. The molecule has 0 spiro atoms. The average molecular weight is 349 g/mol. The second kappa shape index (κ2) is 7.46. The van der Waals surface area contributed by atoms with Gasteiger partial charge in [0.05, 0.1) is 12.6 Å². The van der Waals surface area contributed by atoms with E-state index in [4.69, 9.17) is 10.5 Å². The van der Waals surface area contributed by atoms with E-state index in [2.05, 4.69) is 10.3 Å². The van der Waals surface area contributed by atoms with Crippen molar-refractivity contribution in [3.63, 3.8) is 0 Å². The van der Waals surface area contributed by atoms with Crippen molar-refractivity contribution in [3.05, 3.63) is 65.0 Å². The molecule has 3 N–H and O–H groups in total. The Morgan fingerprint density at radius 1 is 1.16 bits per heavy atom. The molecule has 0 fully saturated rings. The Labute approximate surface area is 143 Å². The fourth-order valence-corrected chi connectivity index (χ4v) is 2.77. The van der Waals surface area contributed by atoms with Crippen molar-refractivity contribution in [3.8, 4) is 5.75 Å². The van der Waals surface area contributed by atoms with Crippen LogP contribution in [0, 0.1) is 17.5 Å². The molecular weight excluding hydrogens is 331 g/mol. The third-order valence-corrected chi connectivity index (χ3v) is 4.06. The molecule has 0 saturated heterocycles. The highest BCUT2D eigenvalue weighted by Gasteiger charge is 2.21. The molecule has 1 atom stereocenters. The van der Waals surface area contributed by atoms with Crippen LogP contribution in [0.4, 0.5) is 13.2 Å². The summed E-state index contributed by atoms with van der Waals surface area (Å²) in [6.07, 6.45) is 0.862. The standard InChI is InChI=1S/C18H18F3N3O/c19-13-6-5-11(16(20)17(13)21)7-9-23-18(22)24-14-8-10-25-15-4-2-1-3-12(14)15/h1-6,14H,7-10H2,(H3,22,23,24). The largest absolute Gasteiger partial charge is 0.493 e. The minimum atomic E-state index is -1.47. The number of halogens is 3. The quantitative estimate of drug-likeness (QED) is 0.507. The molecule has 3 rings (SSSR count). The van der Waals surface area contributed by atoms with E-state index >= 15 is 0 Å². The maximum atomic E-state index is 13.6. The van der Waals surface area contributed by atoms with Crippen LogP contribution >= 0.6 is 0 Å². The summed E-state index contributed by atoms with van der Waals surface area (Å²) in [5, 5.41) is 3.12. The highest BCUT2D eigenvalue weighted by Crippen LogP contribution is 2.31. The molecule has 0 saturated carbocycles. The molecule has 1 heterocycles. The number of benzene rings is 2. The monoisotopic (exact) mass is 349 g/mol. The third-order valence-electron chi connectivity index (χ3n) is 4.06. The molecule has 1 aliphatic rings. The first-order chi connectivity index (χ1) is 12.1. The van der Waals surface area contributed by atoms with E-state index in [0.29, 0.717) is 6.61 Å². The van der Waals surface area contributed by atoms with Gasteiger partial charge in [0.2, 0.25) is 0 Å². The van der Waals surface area contributed by atoms with Crippen molar-refractivity contribution in [1.82, 2.24) is 5.32 Å². The maximum absolute atomic E-state index is 13.6. The number of guanidine groups is 1. The zero-order valence-corrected chi connectivity index (χ0v) is 13.4. The fourth-order valence-electron chi connectivity index (χ4n) is 2.77. The highest BCUT2D eigenvalue weighted by atomic mass is 19.2. The molecule has 0 amide bonds. The molecule has 0 aromatic heterocycles. The van der Waals surface area contributed by atoms with Gasteiger partial charge in [-0.25, -0.2) is 13.2 Å². The third kappa shape index (κ3) is 3.87. The van der Waals surface area contributed by atoms with Crippen LogP contribution in [-0.2, 0) is 6.42 Å². The van der Waals surface area contributed by atoms with Crippen LogP contribution in [-0.4, -0.2) is 19.1 Å². The van der Waals surface area contributed by atoms with Crippen LogP contribution in [0.5, 0.6) is 5.75 Å². The Hall–Kier alpha value is -2.70. The Morgan fingerprint density at radius 2 is 1.96 bits per heavy atom. The number of rotatable bonds is 4. The molecule has 2 aromatic rings. The van der Waals surface area contributed by atoms with Gasteiger partial charge in [-0.15, -0.1) is 0 Å². The molecule has 1 aliphatic heterocycles. The molecule has 0 bridgehead atoms. The summed E-state index contributed by atoms with van der Waals surface area (Å²) in [7, 11) is 0. The first-order valence-corrected chi connectivity index (χ1v) is 7.97. The number of para-hydroxylation sites is 1. The van der Waals surface area contributed by atoms with Crippen LogP contribution in [0.25, 0.3) is 0 Å². The molecule has 1 unspecified atom stereocenters. The summed E-state index contributed by atoms with van der Waals surface area (Å²) < 4.78 is 45.3. The highest BCUT2D eigenvalue weighted by molar-refractivity contribution is 5.78. The number of nitrogens with zero attached hydrogens (tertiary/aromatic N) is 1. The number of nitrogens with two attached hydrogens (primary N) is 1. The van der Waals surface area contributed by atoms with Crippen LogP contribution < -0.4 is 15.8 Å². The van der Waals surface area contributed by atoms with Gasteiger partial charge in [-0.05, 0) is 24.1 Å². The van der Waals surface area contributed by atoms with Gasteiger partial charge in [-0.1, -0.05) is 24.3 Å². The maximum Gasteiger partial charge on any atom is 0.194 e. The molecule has 7 heteroatoms. The van der Waals surface area contributed by atoms with Crippen molar-refractivity contribution in [1.29, 1.82) is 0 Å². The van der Waals surface area contributed by atoms with Gasteiger partial charge in [0.15, 0.2) is 23.4 Å². The van der Waals surface area contributed by atoms with Gasteiger partial charge in [-0.3, -0.25) is 4.99 Å². The SMILES string of the molecule is NC(=NCCc1ccc(F)c(F)c1F)NC1CCOc2ccccc21. The Kier molecular flexibility index (Phi) is 5.11. The van der Waals surface area contributed by atoms with Crippen LogP contribution in [0.2, 0.25) is 0 Å². The van der Waals surface area contributed by atoms with E-state index < -0.39 is 17.5 Å². The molecular formula is C18H18F3N3O. The van der Waals surface area contributed by atoms with Crippen molar-refractivity contribution >= 4 is 5.96 Å². The van der Waals surface area contributed by atoms with E-state index in [1.807, 2.05) is 24.3 Å². The zero-order valence-electron chi connectivity index (χ0n) is 13.4. The summed E-state index contributed by atoms with van der Waals surface area (Å²) in [5.74, 6) is -2.83. The van der Waals surface area contributed by atoms with E-state index in [-0.39, 0.29) is 30.5 Å². The smallest absolute Gasteiger partial charge is 0.194 e. The number of fused-ring (bicyclic) bond motifs is 1. The number of aliphatic imine (C=N–C) groups is 1. The molecule has 25 heavy (non-hydrogen) atoms. The normalized spacial score (nSPS) is 16.9. The zero-order chi connectivity index (χ0) is 17.8. The predicted molar refractivity (Wildman–Crippen MR) is 88.9 cm³/mol. The molecule has 0 radical (unpaired) electrons. The first-order valence-electron chi connectivity index (χ1n) is 7.97. The van der Waals surface area contributed by atoms with Gasteiger partial charge in [0, 0.05) is 18.5 Å². The molecule has 2 aromatic carbocycles. The van der Waals surface area contributed by atoms with E-state index in [9.17, 15) is 13.2 Å². The topological polar surface area (TPSA) is 59.6 Å². The second-order valence-corrected chi connectivity index (χ2v) is 5.72. The lowest BCUT2D eigenvalue weighted by Gasteiger charge is -2.26. The van der Waals surface area contributed by atoms with E-state index in [1.165, 1.54) is 6.07 Å². The van der Waals surface area contributed by atoms with Gasteiger partial charge >= 0.3 is 0 Å². The van der Waals surface area contributed by atoms with Crippen molar-refractivity contribution in [2.24, 2.45) is 10.7 Å². The lowest BCUT2D eigenvalue weighted by molar-refractivity contribution is 0.262. The predicted octanol–water partition coefficient (Wildman–Crippen LogP) is 3.07. The Bertz CT molecular complexity index is 795. The van der Waals surface area contributed by atoms with Gasteiger partial charge in [0.1, 0.15) is 5.75 Å². The van der Waals surface area contributed by atoms with Crippen molar-refractivity contribution < 1.29 is 17.9 Å². The number of ether oxygens (including phenoxy) is 1. The molecule has 4 nitrogen and oxygen atoms in total. The van der Waals surface area contributed by atoms with Crippen molar-refractivity contribution in [2.75, 3.05) is 13.2 Å². The lowest BCUT2D eigenvalue weighted by atomic mass is 10.0. The summed E-state index contributed by atoms with van der Waals surface area (Å²) in [4.78, 5) is 4.14. The van der Waals surface area contributed by atoms with E-state index in [1.54, 1.807) is 0 Å². The molecule has 132 valence electrons. The van der Waals surface area contributed by atoms with E-state index in [0.717, 1.165) is 23.8 Å². The number of hydrogen-bond donors (Lipinski definition) is 2. The first kappa shape index (κ1) is 17.1. The lowest BCUT2D eigenvalue weighted by Crippen LogP contribution is -2.37. The second-order valence-electron chi connectivity index (χ2n) is 5.72. The summed E-state index contributed by atoms with van der Waals surface area (Å²) in [6, 6.07) is 9.75. The summed E-state index contributed by atoms with van der Waals surface area (Å²) >= 11 is 0. The Morgan fingerprint density at radius 3 is 2.80 bits per heavy atom. The van der Waals surface area contributed by atoms with Crippen LogP contribution in [0.3, 0.4) is 0 Å². The number of hydrogen-bond acceptors (Lipinski definition) is 2.